The zero-order valence-electron chi connectivity index (χ0n) is 9.19. The number of hydrogen-bond donors (Lipinski definition) is 0. The monoisotopic (exact) mass is 206 g/mol. The lowest BCUT2D eigenvalue weighted by Gasteiger charge is -2.17. The maximum absolute atomic E-state index is 2.39. The molecule has 16 heavy (non-hydrogen) atoms. The summed E-state index contributed by atoms with van der Waals surface area (Å²) >= 11 is 0. The minimum Gasteiger partial charge on any atom is -0.0839 e. The van der Waals surface area contributed by atoms with E-state index in [1.54, 1.807) is 5.57 Å². The predicted molar refractivity (Wildman–Crippen MR) is 67.0 cm³/mol. The van der Waals surface area contributed by atoms with Gasteiger partial charge in [-0.05, 0) is 40.7 Å². The molecule has 0 amide bonds. The second-order valence-electron chi connectivity index (χ2n) is 5.00. The Labute approximate surface area is 95.3 Å². The van der Waals surface area contributed by atoms with Gasteiger partial charge in [-0.25, -0.2) is 0 Å². The molecule has 0 radical (unpaired) electrons. The van der Waals surface area contributed by atoms with E-state index in [2.05, 4.69) is 48.6 Å². The van der Waals surface area contributed by atoms with Crippen LogP contribution in [0.4, 0.5) is 0 Å². The minimum atomic E-state index is 0.757. The zero-order valence-corrected chi connectivity index (χ0v) is 9.19. The fourth-order valence-corrected chi connectivity index (χ4v) is 3.18. The molecule has 0 heterocycles. The highest BCUT2D eigenvalue weighted by Crippen LogP contribution is 2.50. The van der Waals surface area contributed by atoms with Crippen molar-refractivity contribution in [1.29, 1.82) is 0 Å². The van der Waals surface area contributed by atoms with Crippen LogP contribution in [0, 0.1) is 11.8 Å². The highest BCUT2D eigenvalue weighted by Gasteiger charge is 2.39. The van der Waals surface area contributed by atoms with Gasteiger partial charge in [-0.15, -0.1) is 0 Å². The lowest BCUT2D eigenvalue weighted by molar-refractivity contribution is 0.580. The highest BCUT2D eigenvalue weighted by molar-refractivity contribution is 5.69. The second kappa shape index (κ2) is 2.98. The molecule has 0 nitrogen and oxygen atoms in total. The molecule has 1 fully saturated rings. The second-order valence-corrected chi connectivity index (χ2v) is 5.00. The molecule has 2 atom stereocenters. The highest BCUT2D eigenvalue weighted by atomic mass is 14.4. The van der Waals surface area contributed by atoms with E-state index in [-0.39, 0.29) is 0 Å². The summed E-state index contributed by atoms with van der Waals surface area (Å²) in [7, 11) is 0. The van der Waals surface area contributed by atoms with Gasteiger partial charge >= 0.3 is 0 Å². The van der Waals surface area contributed by atoms with Gasteiger partial charge in [0.1, 0.15) is 0 Å². The lowest BCUT2D eigenvalue weighted by atomic mass is 9.87. The van der Waals surface area contributed by atoms with Gasteiger partial charge in [0.2, 0.25) is 0 Å². The Hall–Kier alpha value is -1.56. The molecule has 0 saturated heterocycles. The van der Waals surface area contributed by atoms with Crippen molar-refractivity contribution in [3.05, 3.63) is 58.5 Å². The third-order valence-electron chi connectivity index (χ3n) is 4.08. The van der Waals surface area contributed by atoms with Crippen molar-refractivity contribution in [1.82, 2.24) is 0 Å². The SMILES string of the molecule is C1=CCC2C(=C1)C=c1ccccc1=C1CC12. The van der Waals surface area contributed by atoms with Crippen molar-refractivity contribution >= 4 is 11.6 Å². The van der Waals surface area contributed by atoms with Crippen LogP contribution >= 0.6 is 0 Å². The lowest BCUT2D eigenvalue weighted by Crippen LogP contribution is -2.23. The summed E-state index contributed by atoms with van der Waals surface area (Å²) in [5.41, 5.74) is 3.23. The molecular formula is C16H14. The third kappa shape index (κ3) is 1.10. The van der Waals surface area contributed by atoms with E-state index in [9.17, 15) is 0 Å². The van der Waals surface area contributed by atoms with E-state index < -0.39 is 0 Å². The minimum absolute atomic E-state index is 0.757. The van der Waals surface area contributed by atoms with Gasteiger partial charge < -0.3 is 0 Å². The van der Waals surface area contributed by atoms with E-state index >= 15 is 0 Å². The average molecular weight is 206 g/mol. The topological polar surface area (TPSA) is 0 Å². The Morgan fingerprint density at radius 1 is 1.06 bits per heavy atom. The summed E-state index contributed by atoms with van der Waals surface area (Å²) in [5.74, 6) is 1.59. The van der Waals surface area contributed by atoms with Gasteiger partial charge in [0.25, 0.3) is 0 Å². The fraction of sp³-hybridized carbons (Fsp3) is 0.250. The molecule has 3 aliphatic rings. The molecule has 4 rings (SSSR count). The maximum atomic E-state index is 2.39. The van der Waals surface area contributed by atoms with Crippen molar-refractivity contribution in [2.24, 2.45) is 11.8 Å². The largest absolute Gasteiger partial charge is 0.0839 e. The first-order valence-electron chi connectivity index (χ1n) is 6.10. The summed E-state index contributed by atoms with van der Waals surface area (Å²) in [6.45, 7) is 0. The van der Waals surface area contributed by atoms with Gasteiger partial charge in [0.05, 0.1) is 0 Å². The van der Waals surface area contributed by atoms with Crippen molar-refractivity contribution < 1.29 is 0 Å². The smallest absolute Gasteiger partial charge is 0.00580 e. The summed E-state index contributed by atoms with van der Waals surface area (Å²) < 4.78 is 0. The molecule has 0 N–H and O–H groups in total. The van der Waals surface area contributed by atoms with Gasteiger partial charge in [0.15, 0.2) is 0 Å². The number of hydrogen-bond acceptors (Lipinski definition) is 0. The van der Waals surface area contributed by atoms with E-state index in [0.29, 0.717) is 0 Å². The fourth-order valence-electron chi connectivity index (χ4n) is 3.18. The number of fused-ring (bicyclic) bond motifs is 4. The Bertz CT molecular complexity index is 628. The van der Waals surface area contributed by atoms with Gasteiger partial charge in [-0.1, -0.05) is 54.1 Å². The van der Waals surface area contributed by atoms with Crippen LogP contribution in [0.2, 0.25) is 0 Å². The van der Waals surface area contributed by atoms with Crippen LogP contribution < -0.4 is 10.4 Å². The Morgan fingerprint density at radius 2 is 2.00 bits per heavy atom. The first kappa shape index (κ1) is 8.58. The summed E-state index contributed by atoms with van der Waals surface area (Å²) in [6, 6.07) is 8.84. The Morgan fingerprint density at radius 3 is 3.00 bits per heavy atom. The molecular weight excluding hydrogens is 192 g/mol. The maximum Gasteiger partial charge on any atom is -0.00580 e. The molecule has 0 heteroatoms. The quantitative estimate of drug-likeness (QED) is 0.610. The first-order chi connectivity index (χ1) is 7.93. The van der Waals surface area contributed by atoms with Crippen molar-refractivity contribution in [2.75, 3.05) is 0 Å². The number of benzene rings is 1. The van der Waals surface area contributed by atoms with Crippen molar-refractivity contribution in [2.45, 2.75) is 12.8 Å². The van der Waals surface area contributed by atoms with Gasteiger partial charge in [-0.3, -0.25) is 0 Å². The molecule has 1 aromatic rings. The molecule has 0 bridgehead atoms. The van der Waals surface area contributed by atoms with Gasteiger partial charge in [-0.2, -0.15) is 0 Å². The summed E-state index contributed by atoms with van der Waals surface area (Å²) in [5, 5.41) is 2.92. The summed E-state index contributed by atoms with van der Waals surface area (Å²) in [6.07, 6.45) is 11.8. The van der Waals surface area contributed by atoms with Crippen LogP contribution in [0.3, 0.4) is 0 Å². The van der Waals surface area contributed by atoms with Crippen LogP contribution in [0.15, 0.2) is 48.1 Å². The molecule has 0 spiro atoms. The zero-order chi connectivity index (χ0) is 10.5. The van der Waals surface area contributed by atoms with E-state index in [1.165, 1.54) is 28.9 Å². The third-order valence-corrected chi connectivity index (χ3v) is 4.08. The molecule has 78 valence electrons. The average Bonchev–Trinajstić information content (AvgIpc) is 3.09. The first-order valence-corrected chi connectivity index (χ1v) is 6.10. The van der Waals surface area contributed by atoms with E-state index in [0.717, 1.165) is 11.8 Å². The van der Waals surface area contributed by atoms with E-state index in [1.807, 2.05) is 0 Å². The van der Waals surface area contributed by atoms with Crippen LogP contribution in [-0.2, 0) is 0 Å². The Kier molecular flexibility index (Phi) is 1.59. The molecule has 3 aliphatic carbocycles. The number of rotatable bonds is 0. The molecule has 1 aromatic carbocycles. The van der Waals surface area contributed by atoms with Crippen LogP contribution in [0.25, 0.3) is 11.6 Å². The van der Waals surface area contributed by atoms with Crippen LogP contribution in [-0.4, -0.2) is 0 Å². The summed E-state index contributed by atoms with van der Waals surface area (Å²) in [4.78, 5) is 0. The molecule has 2 unspecified atom stereocenters. The van der Waals surface area contributed by atoms with Crippen molar-refractivity contribution in [3.8, 4) is 0 Å². The molecule has 0 aliphatic heterocycles. The normalized spacial score (nSPS) is 29.2. The Balaban J connectivity index is 2.07. The van der Waals surface area contributed by atoms with Gasteiger partial charge in [0, 0.05) is 0 Å². The van der Waals surface area contributed by atoms with Crippen LogP contribution in [0.1, 0.15) is 12.8 Å². The molecule has 1 saturated carbocycles. The van der Waals surface area contributed by atoms with E-state index in [4.69, 9.17) is 0 Å². The predicted octanol–water partition coefficient (Wildman–Crippen LogP) is 2.15. The van der Waals surface area contributed by atoms with Crippen molar-refractivity contribution in [3.63, 3.8) is 0 Å². The standard InChI is InChI=1S/C16H14/c1-3-7-13-11(5-1)9-12-6-2-4-8-14(12)16-10-15(13)16/h1-7,9,14,16H,8,10H2. The molecule has 0 aromatic heterocycles. The number of allylic oxidation sites excluding steroid dienone is 4. The van der Waals surface area contributed by atoms with Crippen LogP contribution in [0.5, 0.6) is 0 Å².